The van der Waals surface area contributed by atoms with Gasteiger partial charge in [0, 0.05) is 5.69 Å². The van der Waals surface area contributed by atoms with Crippen LogP contribution in [0.15, 0.2) is 42.5 Å². The van der Waals surface area contributed by atoms with E-state index in [2.05, 4.69) is 5.32 Å². The molecule has 2 rings (SSSR count). The predicted octanol–water partition coefficient (Wildman–Crippen LogP) is 3.56. The van der Waals surface area contributed by atoms with Crippen molar-refractivity contribution in [2.45, 2.75) is 27.2 Å². The number of para-hydroxylation sites is 1. The van der Waals surface area contributed by atoms with Crippen LogP contribution in [0.2, 0.25) is 0 Å². The Kier molecular flexibility index (Phi) is 6.57. The number of aryl methyl sites for hydroxylation is 3. The second kappa shape index (κ2) is 8.87. The number of amides is 1. The van der Waals surface area contributed by atoms with E-state index in [-0.39, 0.29) is 25.5 Å². The molecular formula is C20H23NO4. The zero-order valence-corrected chi connectivity index (χ0v) is 14.8. The van der Waals surface area contributed by atoms with Crippen LogP contribution in [0.3, 0.4) is 0 Å². The zero-order chi connectivity index (χ0) is 18.2. The third-order valence-electron chi connectivity index (χ3n) is 3.71. The number of anilines is 1. The van der Waals surface area contributed by atoms with E-state index >= 15 is 0 Å². The molecule has 0 spiro atoms. The maximum absolute atomic E-state index is 11.9. The topological polar surface area (TPSA) is 64.6 Å². The van der Waals surface area contributed by atoms with Gasteiger partial charge in [-0.2, -0.15) is 0 Å². The molecule has 132 valence electrons. The van der Waals surface area contributed by atoms with Crippen molar-refractivity contribution in [3.63, 3.8) is 0 Å². The van der Waals surface area contributed by atoms with Gasteiger partial charge in [0.05, 0.1) is 13.0 Å². The van der Waals surface area contributed by atoms with Gasteiger partial charge in [-0.15, -0.1) is 0 Å². The first-order chi connectivity index (χ1) is 12.0. The minimum atomic E-state index is -0.469. The normalized spacial score (nSPS) is 10.2. The number of hydrogen-bond acceptors (Lipinski definition) is 4. The molecule has 2 aromatic rings. The van der Waals surface area contributed by atoms with Gasteiger partial charge in [-0.3, -0.25) is 9.59 Å². The molecule has 0 bridgehead atoms. The average molecular weight is 341 g/mol. The summed E-state index contributed by atoms with van der Waals surface area (Å²) in [6.07, 6.45) is 0.0878. The van der Waals surface area contributed by atoms with Crippen molar-refractivity contribution in [3.8, 4) is 5.75 Å². The first kappa shape index (κ1) is 18.5. The molecule has 0 aliphatic rings. The number of esters is 1. The van der Waals surface area contributed by atoms with Gasteiger partial charge in [0.1, 0.15) is 5.75 Å². The molecule has 25 heavy (non-hydrogen) atoms. The molecule has 0 saturated carbocycles. The van der Waals surface area contributed by atoms with E-state index in [9.17, 15) is 9.59 Å². The summed E-state index contributed by atoms with van der Waals surface area (Å²) in [5.41, 5.74) is 3.82. The van der Waals surface area contributed by atoms with Crippen molar-refractivity contribution < 1.29 is 19.1 Å². The lowest BCUT2D eigenvalue weighted by atomic mass is 10.1. The number of benzene rings is 2. The van der Waals surface area contributed by atoms with E-state index in [1.807, 2.05) is 63.2 Å². The number of nitrogens with one attached hydrogen (secondary N) is 1. The first-order valence-electron chi connectivity index (χ1n) is 8.17. The van der Waals surface area contributed by atoms with Gasteiger partial charge in [-0.25, -0.2) is 0 Å². The molecule has 0 heterocycles. The number of carbonyl (C=O) groups is 2. The number of ether oxygens (including phenoxy) is 2. The molecule has 0 aliphatic heterocycles. The largest absolute Gasteiger partial charge is 0.493 e. The van der Waals surface area contributed by atoms with Gasteiger partial charge in [0.25, 0.3) is 5.91 Å². The van der Waals surface area contributed by atoms with E-state index in [1.54, 1.807) is 0 Å². The Hall–Kier alpha value is -2.82. The van der Waals surface area contributed by atoms with Crippen LogP contribution in [-0.4, -0.2) is 25.1 Å². The Morgan fingerprint density at radius 1 is 0.960 bits per heavy atom. The van der Waals surface area contributed by atoms with E-state index in [0.29, 0.717) is 5.75 Å². The van der Waals surface area contributed by atoms with Crippen LogP contribution in [0.5, 0.6) is 5.75 Å². The van der Waals surface area contributed by atoms with Crippen molar-refractivity contribution >= 4 is 17.6 Å². The van der Waals surface area contributed by atoms with Crippen molar-refractivity contribution in [1.29, 1.82) is 0 Å². The predicted molar refractivity (Wildman–Crippen MR) is 96.8 cm³/mol. The van der Waals surface area contributed by atoms with Crippen molar-refractivity contribution in [1.82, 2.24) is 0 Å². The van der Waals surface area contributed by atoms with Gasteiger partial charge in [0.2, 0.25) is 0 Å². The molecule has 0 saturated heterocycles. The highest BCUT2D eigenvalue weighted by atomic mass is 16.5. The van der Waals surface area contributed by atoms with Crippen LogP contribution in [0.4, 0.5) is 5.69 Å². The van der Waals surface area contributed by atoms with Gasteiger partial charge in [0.15, 0.2) is 6.61 Å². The van der Waals surface area contributed by atoms with Gasteiger partial charge in [-0.1, -0.05) is 35.9 Å². The molecule has 2 aromatic carbocycles. The molecule has 0 atom stereocenters. The summed E-state index contributed by atoms with van der Waals surface area (Å²) < 4.78 is 10.4. The Bertz CT molecular complexity index is 718. The molecule has 1 N–H and O–H groups in total. The molecule has 5 heteroatoms. The lowest BCUT2D eigenvalue weighted by Crippen LogP contribution is -2.22. The monoisotopic (exact) mass is 341 g/mol. The van der Waals surface area contributed by atoms with Gasteiger partial charge >= 0.3 is 5.97 Å². The molecule has 5 nitrogen and oxygen atoms in total. The highest BCUT2D eigenvalue weighted by Gasteiger charge is 2.10. The quantitative estimate of drug-likeness (QED) is 0.782. The lowest BCUT2D eigenvalue weighted by molar-refractivity contribution is -0.147. The summed E-state index contributed by atoms with van der Waals surface area (Å²) in [5, 5.41) is 2.77. The fraction of sp³-hybridized carbons (Fsp3) is 0.300. The molecule has 0 aliphatic carbocycles. The van der Waals surface area contributed by atoms with E-state index < -0.39 is 5.97 Å². The van der Waals surface area contributed by atoms with E-state index in [4.69, 9.17) is 9.47 Å². The molecule has 0 fully saturated rings. The summed E-state index contributed by atoms with van der Waals surface area (Å²) in [4.78, 5) is 23.6. The number of rotatable bonds is 7. The first-order valence-corrected chi connectivity index (χ1v) is 8.17. The van der Waals surface area contributed by atoms with Crippen LogP contribution in [0.25, 0.3) is 0 Å². The third kappa shape index (κ3) is 5.95. The average Bonchev–Trinajstić information content (AvgIpc) is 2.58. The highest BCUT2D eigenvalue weighted by molar-refractivity contribution is 5.94. The Morgan fingerprint density at radius 2 is 1.60 bits per heavy atom. The third-order valence-corrected chi connectivity index (χ3v) is 3.71. The minimum Gasteiger partial charge on any atom is -0.493 e. The van der Waals surface area contributed by atoms with Crippen molar-refractivity contribution in [2.75, 3.05) is 18.5 Å². The second-order valence-corrected chi connectivity index (χ2v) is 5.89. The van der Waals surface area contributed by atoms with E-state index in [0.717, 1.165) is 22.4 Å². The van der Waals surface area contributed by atoms with Crippen molar-refractivity contribution in [3.05, 3.63) is 59.2 Å². The smallest absolute Gasteiger partial charge is 0.309 e. The fourth-order valence-corrected chi connectivity index (χ4v) is 2.29. The summed E-state index contributed by atoms with van der Waals surface area (Å²) in [5.74, 6) is -0.125. The molecular weight excluding hydrogens is 318 g/mol. The van der Waals surface area contributed by atoms with Crippen LogP contribution < -0.4 is 10.1 Å². The summed E-state index contributed by atoms with van der Waals surface area (Å²) >= 11 is 0. The summed E-state index contributed by atoms with van der Waals surface area (Å²) in [6.45, 7) is 5.72. The van der Waals surface area contributed by atoms with Gasteiger partial charge < -0.3 is 14.8 Å². The summed E-state index contributed by atoms with van der Waals surface area (Å²) in [7, 11) is 0. The fourth-order valence-electron chi connectivity index (χ4n) is 2.29. The maximum Gasteiger partial charge on any atom is 0.309 e. The Morgan fingerprint density at radius 3 is 2.24 bits per heavy atom. The molecule has 0 radical (unpaired) electrons. The van der Waals surface area contributed by atoms with Crippen LogP contribution in [0, 0.1) is 20.8 Å². The van der Waals surface area contributed by atoms with Crippen LogP contribution >= 0.6 is 0 Å². The maximum atomic E-state index is 11.9. The number of carbonyl (C=O) groups excluding carboxylic acids is 2. The van der Waals surface area contributed by atoms with E-state index in [1.165, 1.54) is 0 Å². The van der Waals surface area contributed by atoms with Crippen molar-refractivity contribution in [2.24, 2.45) is 0 Å². The Balaban J connectivity index is 1.70. The zero-order valence-electron chi connectivity index (χ0n) is 14.8. The molecule has 0 aromatic heterocycles. The second-order valence-electron chi connectivity index (χ2n) is 5.89. The molecule has 1 amide bonds. The Labute approximate surface area is 148 Å². The molecule has 0 unspecified atom stereocenters. The lowest BCUT2D eigenvalue weighted by Gasteiger charge is -2.11. The summed E-state index contributed by atoms with van der Waals surface area (Å²) in [6, 6.07) is 13.3. The standard InChI is InChI=1S/C20H23NO4/c1-14-7-9-17(10-8-14)24-12-11-19(23)25-13-18(22)21-20-15(2)5-4-6-16(20)3/h4-10H,11-13H2,1-3H3,(H,21,22). The highest BCUT2D eigenvalue weighted by Crippen LogP contribution is 2.19. The SMILES string of the molecule is Cc1ccc(OCCC(=O)OCC(=O)Nc2c(C)cccc2C)cc1. The van der Waals surface area contributed by atoms with Crippen LogP contribution in [-0.2, 0) is 14.3 Å². The van der Waals surface area contributed by atoms with Crippen LogP contribution in [0.1, 0.15) is 23.1 Å². The minimum absolute atomic E-state index is 0.0878. The number of hydrogen-bond donors (Lipinski definition) is 1. The van der Waals surface area contributed by atoms with Gasteiger partial charge in [-0.05, 0) is 44.0 Å².